The van der Waals surface area contributed by atoms with Crippen molar-refractivity contribution < 1.29 is 4.79 Å². The molecule has 0 bridgehead atoms. The van der Waals surface area contributed by atoms with E-state index in [1.54, 1.807) is 11.3 Å². The minimum absolute atomic E-state index is 0.0277. The Labute approximate surface area is 249 Å². The van der Waals surface area contributed by atoms with Crippen molar-refractivity contribution in [2.24, 2.45) is 0 Å². The molecule has 5 aromatic heterocycles. The fraction of sp³-hybridized carbons (Fsp3) is 0.333. The average molecular weight is 580 g/mol. The Morgan fingerprint density at radius 3 is 2.22 bits per heavy atom. The van der Waals surface area contributed by atoms with E-state index in [2.05, 4.69) is 50.0 Å². The van der Waals surface area contributed by atoms with Gasteiger partial charge in [0, 0.05) is 31.2 Å². The van der Waals surface area contributed by atoms with Crippen molar-refractivity contribution >= 4 is 39.7 Å². The summed E-state index contributed by atoms with van der Waals surface area (Å²) in [6.45, 7) is 8.11. The minimum atomic E-state index is 0.0277. The summed E-state index contributed by atoms with van der Waals surface area (Å²) in [4.78, 5) is 34.6. The third kappa shape index (κ3) is 6.34. The molecule has 0 amide bonds. The SMILES string of the molecule is Cc1c[nH]c(=S)c(CC(=O)c2ncc(C3CC3)cc2C)c1.Cc1cnc2sc(-c3ncc(C4CC4)cc3C)nc2c1. The van der Waals surface area contributed by atoms with Gasteiger partial charge in [0.15, 0.2) is 5.78 Å². The minimum Gasteiger partial charge on any atom is -0.352 e. The van der Waals surface area contributed by atoms with Crippen molar-refractivity contribution in [1.82, 2.24) is 24.9 Å². The Morgan fingerprint density at radius 2 is 1.56 bits per heavy atom. The second-order valence-electron chi connectivity index (χ2n) is 11.4. The van der Waals surface area contributed by atoms with Gasteiger partial charge >= 0.3 is 0 Å². The molecule has 2 aliphatic carbocycles. The van der Waals surface area contributed by atoms with Gasteiger partial charge < -0.3 is 4.98 Å². The number of aryl methyl sites for hydroxylation is 4. The number of rotatable bonds is 6. The molecule has 0 aromatic carbocycles. The molecular formula is C33H33N5OS2. The highest BCUT2D eigenvalue weighted by Gasteiger charge is 2.26. The van der Waals surface area contributed by atoms with Gasteiger partial charge in [0.25, 0.3) is 0 Å². The first kappa shape index (κ1) is 27.5. The maximum Gasteiger partial charge on any atom is 0.185 e. The van der Waals surface area contributed by atoms with Gasteiger partial charge in [-0.15, -0.1) is 0 Å². The molecule has 0 aliphatic heterocycles. The molecule has 0 unspecified atom stereocenters. The molecule has 2 fully saturated rings. The number of hydrogen-bond donors (Lipinski definition) is 1. The van der Waals surface area contributed by atoms with Crippen LogP contribution < -0.4 is 0 Å². The molecule has 7 rings (SSSR count). The number of H-pyrrole nitrogens is 1. The second kappa shape index (κ2) is 11.3. The van der Waals surface area contributed by atoms with Gasteiger partial charge in [-0.2, -0.15) is 0 Å². The summed E-state index contributed by atoms with van der Waals surface area (Å²) in [6.07, 6.45) is 13.0. The van der Waals surface area contributed by atoms with Crippen molar-refractivity contribution in [3.63, 3.8) is 0 Å². The molecule has 6 nitrogen and oxygen atoms in total. The van der Waals surface area contributed by atoms with E-state index in [4.69, 9.17) is 12.2 Å². The third-order valence-electron chi connectivity index (χ3n) is 7.62. The highest BCUT2D eigenvalue weighted by molar-refractivity contribution is 7.71. The summed E-state index contributed by atoms with van der Waals surface area (Å²) in [5.41, 5.74) is 10.4. The number of nitrogens with one attached hydrogen (secondary N) is 1. The molecule has 41 heavy (non-hydrogen) atoms. The lowest BCUT2D eigenvalue weighted by molar-refractivity contribution is 0.0987. The Kier molecular flexibility index (Phi) is 7.62. The molecule has 1 N–H and O–H groups in total. The van der Waals surface area contributed by atoms with E-state index in [-0.39, 0.29) is 5.78 Å². The summed E-state index contributed by atoms with van der Waals surface area (Å²) in [7, 11) is 0. The van der Waals surface area contributed by atoms with Crippen LogP contribution in [0.2, 0.25) is 0 Å². The highest BCUT2D eigenvalue weighted by Crippen LogP contribution is 2.41. The molecule has 0 spiro atoms. The van der Waals surface area contributed by atoms with Crippen LogP contribution in [0.25, 0.3) is 21.0 Å². The Balaban J connectivity index is 0.000000148. The fourth-order valence-corrected chi connectivity index (χ4v) is 6.20. The van der Waals surface area contributed by atoms with Gasteiger partial charge in [0.2, 0.25) is 0 Å². The van der Waals surface area contributed by atoms with Crippen LogP contribution in [-0.2, 0) is 6.42 Å². The Bertz CT molecular complexity index is 1830. The van der Waals surface area contributed by atoms with Crippen molar-refractivity contribution in [3.05, 3.63) is 98.3 Å². The van der Waals surface area contributed by atoms with Crippen molar-refractivity contribution in [2.45, 2.75) is 71.6 Å². The van der Waals surface area contributed by atoms with Crippen LogP contribution in [0.5, 0.6) is 0 Å². The van der Waals surface area contributed by atoms with Gasteiger partial charge in [0.05, 0.1) is 0 Å². The molecule has 5 aromatic rings. The quantitative estimate of drug-likeness (QED) is 0.161. The molecule has 8 heteroatoms. The van der Waals surface area contributed by atoms with Gasteiger partial charge in [-0.1, -0.05) is 41.8 Å². The zero-order chi connectivity index (χ0) is 28.7. The highest BCUT2D eigenvalue weighted by atomic mass is 32.1. The number of carbonyl (C=O) groups excluding carboxylic acids is 1. The van der Waals surface area contributed by atoms with Crippen LogP contribution >= 0.6 is 23.6 Å². The van der Waals surface area contributed by atoms with Gasteiger partial charge in [-0.05, 0) is 110 Å². The van der Waals surface area contributed by atoms with Crippen LogP contribution in [0.4, 0.5) is 0 Å². The number of nitrogens with zero attached hydrogens (tertiary/aromatic N) is 4. The Hall–Kier alpha value is -3.62. The molecule has 2 saturated carbocycles. The maximum atomic E-state index is 12.5. The van der Waals surface area contributed by atoms with E-state index in [1.807, 2.05) is 51.6 Å². The molecule has 0 saturated heterocycles. The number of Topliss-reactive ketones (excluding diaryl/α,β-unsaturated/α-hetero) is 1. The largest absolute Gasteiger partial charge is 0.352 e. The summed E-state index contributed by atoms with van der Waals surface area (Å²) in [6, 6.07) is 8.42. The molecule has 2 aliphatic rings. The van der Waals surface area contributed by atoms with E-state index < -0.39 is 0 Å². The number of carbonyl (C=O) groups is 1. The first-order valence-electron chi connectivity index (χ1n) is 14.1. The van der Waals surface area contributed by atoms with Gasteiger partial charge in [-0.25, -0.2) is 9.97 Å². The maximum absolute atomic E-state index is 12.5. The number of aromatic nitrogens is 5. The lowest BCUT2D eigenvalue weighted by Gasteiger charge is -2.07. The van der Waals surface area contributed by atoms with E-state index in [1.165, 1.54) is 42.4 Å². The molecule has 0 radical (unpaired) electrons. The summed E-state index contributed by atoms with van der Waals surface area (Å²) >= 11 is 6.87. The smallest absolute Gasteiger partial charge is 0.185 e. The van der Waals surface area contributed by atoms with Crippen LogP contribution in [0.1, 0.15) is 87.0 Å². The Morgan fingerprint density at radius 1 is 0.878 bits per heavy atom. The van der Waals surface area contributed by atoms with E-state index in [0.29, 0.717) is 22.7 Å². The molecule has 5 heterocycles. The lowest BCUT2D eigenvalue weighted by atomic mass is 10.0. The fourth-order valence-electron chi connectivity index (χ4n) is 5.06. The molecule has 208 valence electrons. The van der Waals surface area contributed by atoms with E-state index in [0.717, 1.165) is 49.2 Å². The summed E-state index contributed by atoms with van der Waals surface area (Å²) < 4.78 is 0.626. The molecule has 0 atom stereocenters. The van der Waals surface area contributed by atoms with Gasteiger partial charge in [0.1, 0.15) is 31.4 Å². The van der Waals surface area contributed by atoms with Crippen LogP contribution in [0, 0.1) is 32.3 Å². The first-order chi connectivity index (χ1) is 19.7. The first-order valence-corrected chi connectivity index (χ1v) is 15.4. The normalized spacial score (nSPS) is 14.5. The number of aromatic amines is 1. The topological polar surface area (TPSA) is 84.4 Å². The van der Waals surface area contributed by atoms with E-state index >= 15 is 0 Å². The van der Waals surface area contributed by atoms with Crippen molar-refractivity contribution in [1.29, 1.82) is 0 Å². The average Bonchev–Trinajstić information content (AvgIpc) is 3.87. The zero-order valence-corrected chi connectivity index (χ0v) is 25.5. The predicted octanol–water partition coefficient (Wildman–Crippen LogP) is 8.31. The second-order valence-corrected chi connectivity index (χ2v) is 12.8. The van der Waals surface area contributed by atoms with E-state index in [9.17, 15) is 4.79 Å². The van der Waals surface area contributed by atoms with Crippen LogP contribution in [-0.4, -0.2) is 30.7 Å². The number of ketones is 1. The number of hydrogen-bond acceptors (Lipinski definition) is 7. The molecular weight excluding hydrogens is 547 g/mol. The van der Waals surface area contributed by atoms with Crippen molar-refractivity contribution in [3.8, 4) is 10.7 Å². The zero-order valence-electron chi connectivity index (χ0n) is 23.8. The number of pyridine rings is 4. The number of fused-ring (bicyclic) bond motifs is 1. The van der Waals surface area contributed by atoms with Gasteiger partial charge in [-0.3, -0.25) is 14.8 Å². The standard InChI is InChI=1S/C17H18N2OS.C16H15N3S/c1-10-5-13(17(21)19-8-10)7-15(20)16-11(2)6-14(9-18-16)12-3-4-12;1-9-5-13-15(18-7-9)20-16(19-13)14-10(2)6-12(8-17-14)11-3-4-11/h5-6,8-9,12H,3-4,7H2,1-2H3,(H,19,21);5-8,11H,3-4H2,1-2H3. The summed E-state index contributed by atoms with van der Waals surface area (Å²) in [5.74, 6) is 1.43. The predicted molar refractivity (Wildman–Crippen MR) is 167 cm³/mol. The van der Waals surface area contributed by atoms with Crippen LogP contribution in [0.15, 0.2) is 49.1 Å². The number of thiazole rings is 1. The lowest BCUT2D eigenvalue weighted by Crippen LogP contribution is -2.09. The van der Waals surface area contributed by atoms with Crippen molar-refractivity contribution in [2.75, 3.05) is 0 Å². The monoisotopic (exact) mass is 579 g/mol. The summed E-state index contributed by atoms with van der Waals surface area (Å²) in [5, 5.41) is 0.970. The van der Waals surface area contributed by atoms with Crippen LogP contribution in [0.3, 0.4) is 0 Å². The third-order valence-corrected chi connectivity index (χ3v) is 8.99.